The van der Waals surface area contributed by atoms with Gasteiger partial charge < -0.3 is 9.47 Å². The lowest BCUT2D eigenvalue weighted by molar-refractivity contribution is -0.128. The van der Waals surface area contributed by atoms with Crippen molar-refractivity contribution in [2.24, 2.45) is 0 Å². The van der Waals surface area contributed by atoms with Crippen LogP contribution in [-0.4, -0.2) is 18.5 Å². The quantitative estimate of drug-likeness (QED) is 0.328. The molecule has 0 N–H and O–H groups in total. The zero-order valence-electron chi connectivity index (χ0n) is 13.7. The standard InChI is InChI=1S/C20H20O4/c1-3-5-14-23-20(22)17-8-6-15(7-9-17)16-10-12-18(13-11-16)24-19(21)4-2/h4,6-13H,2-3,5,14H2,1H3. The van der Waals surface area contributed by atoms with Gasteiger partial charge in [0.2, 0.25) is 0 Å². The molecule has 0 aliphatic carbocycles. The van der Waals surface area contributed by atoms with Gasteiger partial charge in [-0.3, -0.25) is 0 Å². The maximum Gasteiger partial charge on any atom is 0.338 e. The number of esters is 2. The lowest BCUT2D eigenvalue weighted by atomic mass is 10.0. The summed E-state index contributed by atoms with van der Waals surface area (Å²) in [5.41, 5.74) is 2.45. The molecule has 24 heavy (non-hydrogen) atoms. The van der Waals surface area contributed by atoms with Crippen molar-refractivity contribution in [2.45, 2.75) is 19.8 Å². The number of carbonyl (C=O) groups excluding carboxylic acids is 2. The topological polar surface area (TPSA) is 52.6 Å². The third kappa shape index (κ3) is 4.81. The number of benzene rings is 2. The van der Waals surface area contributed by atoms with Crippen molar-refractivity contribution in [2.75, 3.05) is 6.61 Å². The van der Waals surface area contributed by atoms with Gasteiger partial charge in [0.25, 0.3) is 0 Å². The normalized spacial score (nSPS) is 10.0. The van der Waals surface area contributed by atoms with Gasteiger partial charge in [-0.15, -0.1) is 0 Å². The maximum atomic E-state index is 11.9. The lowest BCUT2D eigenvalue weighted by Gasteiger charge is -2.06. The summed E-state index contributed by atoms with van der Waals surface area (Å²) in [5.74, 6) is -0.338. The van der Waals surface area contributed by atoms with Crippen molar-refractivity contribution in [1.29, 1.82) is 0 Å². The average Bonchev–Trinajstić information content (AvgIpc) is 2.62. The lowest BCUT2D eigenvalue weighted by Crippen LogP contribution is -2.06. The van der Waals surface area contributed by atoms with Gasteiger partial charge in [0.1, 0.15) is 5.75 Å². The molecular weight excluding hydrogens is 304 g/mol. The molecule has 0 radical (unpaired) electrons. The van der Waals surface area contributed by atoms with Crippen LogP contribution in [0.5, 0.6) is 5.75 Å². The highest BCUT2D eigenvalue weighted by Crippen LogP contribution is 2.23. The van der Waals surface area contributed by atoms with Crippen molar-refractivity contribution in [3.05, 3.63) is 66.7 Å². The Labute approximate surface area is 141 Å². The third-order valence-corrected chi connectivity index (χ3v) is 3.42. The number of rotatable bonds is 7. The smallest absolute Gasteiger partial charge is 0.338 e. The molecule has 0 aliphatic rings. The fourth-order valence-corrected chi connectivity index (χ4v) is 2.06. The summed E-state index contributed by atoms with van der Waals surface area (Å²) in [7, 11) is 0. The van der Waals surface area contributed by atoms with E-state index < -0.39 is 5.97 Å². The molecule has 0 amide bonds. The van der Waals surface area contributed by atoms with Gasteiger partial charge in [-0.05, 0) is 41.8 Å². The molecule has 0 spiro atoms. The van der Waals surface area contributed by atoms with E-state index in [9.17, 15) is 9.59 Å². The predicted octanol–water partition coefficient (Wildman–Crippen LogP) is 4.40. The molecule has 0 bridgehead atoms. The van der Waals surface area contributed by atoms with Crippen LogP contribution in [0.15, 0.2) is 61.2 Å². The van der Waals surface area contributed by atoms with Gasteiger partial charge in [-0.2, -0.15) is 0 Å². The number of carbonyl (C=O) groups is 2. The molecular formula is C20H20O4. The van der Waals surface area contributed by atoms with Crippen molar-refractivity contribution in [3.63, 3.8) is 0 Å². The van der Waals surface area contributed by atoms with Crippen LogP contribution in [0.3, 0.4) is 0 Å². The summed E-state index contributed by atoms with van der Waals surface area (Å²) in [5, 5.41) is 0. The summed E-state index contributed by atoms with van der Waals surface area (Å²) in [4.78, 5) is 23.0. The van der Waals surface area contributed by atoms with Gasteiger partial charge in [-0.25, -0.2) is 9.59 Å². The maximum absolute atomic E-state index is 11.9. The Balaban J connectivity index is 2.03. The number of ether oxygens (including phenoxy) is 2. The first-order chi connectivity index (χ1) is 11.6. The van der Waals surface area contributed by atoms with E-state index in [1.165, 1.54) is 0 Å². The first-order valence-electron chi connectivity index (χ1n) is 7.86. The second-order valence-electron chi connectivity index (χ2n) is 5.22. The van der Waals surface area contributed by atoms with E-state index in [0.717, 1.165) is 30.0 Å². The second kappa shape index (κ2) is 8.67. The molecule has 4 heteroatoms. The molecule has 0 saturated carbocycles. The third-order valence-electron chi connectivity index (χ3n) is 3.42. The molecule has 0 aromatic heterocycles. The molecule has 2 aromatic carbocycles. The largest absolute Gasteiger partial charge is 0.462 e. The number of hydrogen-bond acceptors (Lipinski definition) is 4. The molecule has 4 nitrogen and oxygen atoms in total. The molecule has 0 aliphatic heterocycles. The van der Waals surface area contributed by atoms with Crippen molar-refractivity contribution in [3.8, 4) is 16.9 Å². The van der Waals surface area contributed by atoms with Gasteiger partial charge in [0.15, 0.2) is 0 Å². The van der Waals surface area contributed by atoms with Crippen LogP contribution in [0.4, 0.5) is 0 Å². The highest BCUT2D eigenvalue weighted by atomic mass is 16.5. The Hall–Kier alpha value is -2.88. The first kappa shape index (κ1) is 17.5. The van der Waals surface area contributed by atoms with E-state index in [4.69, 9.17) is 9.47 Å². The number of hydrogen-bond donors (Lipinski definition) is 0. The fourth-order valence-electron chi connectivity index (χ4n) is 2.06. The van der Waals surface area contributed by atoms with Gasteiger partial charge in [0.05, 0.1) is 12.2 Å². The Morgan fingerprint density at radius 3 is 2.12 bits per heavy atom. The van der Waals surface area contributed by atoms with Gasteiger partial charge >= 0.3 is 11.9 Å². The molecule has 0 atom stereocenters. The summed E-state index contributed by atoms with van der Waals surface area (Å²) in [6, 6.07) is 14.3. The monoisotopic (exact) mass is 324 g/mol. The van der Waals surface area contributed by atoms with Crippen molar-refractivity contribution >= 4 is 11.9 Å². The molecule has 0 saturated heterocycles. The molecule has 0 heterocycles. The van der Waals surface area contributed by atoms with E-state index in [1.807, 2.05) is 31.2 Å². The van der Waals surface area contributed by atoms with Crippen LogP contribution in [0.2, 0.25) is 0 Å². The van der Waals surface area contributed by atoms with Crippen LogP contribution in [0.1, 0.15) is 30.1 Å². The summed E-state index contributed by atoms with van der Waals surface area (Å²) in [6.07, 6.45) is 2.98. The molecule has 2 aromatic rings. The van der Waals surface area contributed by atoms with Crippen LogP contribution < -0.4 is 4.74 Å². The molecule has 124 valence electrons. The van der Waals surface area contributed by atoms with E-state index in [1.54, 1.807) is 24.3 Å². The van der Waals surface area contributed by atoms with E-state index in [-0.39, 0.29) is 5.97 Å². The SMILES string of the molecule is C=CC(=O)Oc1ccc(-c2ccc(C(=O)OCCCC)cc2)cc1. The minimum Gasteiger partial charge on any atom is -0.462 e. The zero-order valence-corrected chi connectivity index (χ0v) is 13.7. The Kier molecular flexibility index (Phi) is 6.32. The Morgan fingerprint density at radius 1 is 1.00 bits per heavy atom. The minimum atomic E-state index is -0.492. The van der Waals surface area contributed by atoms with Crippen molar-refractivity contribution in [1.82, 2.24) is 0 Å². The van der Waals surface area contributed by atoms with Crippen LogP contribution in [-0.2, 0) is 9.53 Å². The molecule has 0 unspecified atom stereocenters. The highest BCUT2D eigenvalue weighted by Gasteiger charge is 2.07. The molecule has 2 rings (SSSR count). The van der Waals surface area contributed by atoms with Gasteiger partial charge in [-0.1, -0.05) is 44.2 Å². The van der Waals surface area contributed by atoms with Crippen LogP contribution in [0.25, 0.3) is 11.1 Å². The van der Waals surface area contributed by atoms with Gasteiger partial charge in [0, 0.05) is 6.08 Å². The Bertz CT molecular complexity index is 699. The Morgan fingerprint density at radius 2 is 1.58 bits per heavy atom. The summed E-state index contributed by atoms with van der Waals surface area (Å²) in [6.45, 7) is 5.85. The van der Waals surface area contributed by atoms with E-state index >= 15 is 0 Å². The van der Waals surface area contributed by atoms with Crippen LogP contribution >= 0.6 is 0 Å². The molecule has 0 fully saturated rings. The number of unbranched alkanes of at least 4 members (excludes halogenated alkanes) is 1. The van der Waals surface area contributed by atoms with E-state index in [0.29, 0.717) is 17.9 Å². The summed E-state index contributed by atoms with van der Waals surface area (Å²) >= 11 is 0. The zero-order chi connectivity index (χ0) is 17.4. The first-order valence-corrected chi connectivity index (χ1v) is 7.86. The highest BCUT2D eigenvalue weighted by molar-refractivity contribution is 5.90. The predicted molar refractivity (Wildman–Crippen MR) is 92.9 cm³/mol. The minimum absolute atomic E-state index is 0.304. The summed E-state index contributed by atoms with van der Waals surface area (Å²) < 4.78 is 10.2. The van der Waals surface area contributed by atoms with Crippen LogP contribution in [0, 0.1) is 0 Å². The fraction of sp³-hybridized carbons (Fsp3) is 0.200. The van der Waals surface area contributed by atoms with Crippen molar-refractivity contribution < 1.29 is 19.1 Å². The second-order valence-corrected chi connectivity index (χ2v) is 5.22. The average molecular weight is 324 g/mol. The van der Waals surface area contributed by atoms with E-state index in [2.05, 4.69) is 6.58 Å².